The van der Waals surface area contributed by atoms with E-state index in [0.29, 0.717) is 6.54 Å². The van der Waals surface area contributed by atoms with Gasteiger partial charge in [-0.1, -0.05) is 50.2 Å². The zero-order valence-electron chi connectivity index (χ0n) is 15.7. The summed E-state index contributed by atoms with van der Waals surface area (Å²) < 4.78 is 2.02. The molecule has 1 unspecified atom stereocenters. The van der Waals surface area contributed by atoms with E-state index < -0.39 is 5.41 Å². The molecule has 27 heavy (non-hydrogen) atoms. The maximum atomic E-state index is 13.1. The molecule has 0 aliphatic heterocycles. The van der Waals surface area contributed by atoms with Crippen molar-refractivity contribution in [3.05, 3.63) is 70.4 Å². The lowest BCUT2D eigenvalue weighted by atomic mass is 9.93. The molecule has 1 saturated carbocycles. The summed E-state index contributed by atoms with van der Waals surface area (Å²) in [5, 5.41) is 13.4. The van der Waals surface area contributed by atoms with Crippen molar-refractivity contribution in [1.29, 1.82) is 0 Å². The van der Waals surface area contributed by atoms with E-state index in [0.717, 1.165) is 30.1 Å². The van der Waals surface area contributed by atoms with Gasteiger partial charge in [-0.25, -0.2) is 0 Å². The van der Waals surface area contributed by atoms with Crippen LogP contribution in [0.3, 0.4) is 0 Å². The van der Waals surface area contributed by atoms with Gasteiger partial charge in [-0.05, 0) is 35.3 Å². The van der Waals surface area contributed by atoms with Crippen LogP contribution in [0, 0.1) is 5.41 Å². The van der Waals surface area contributed by atoms with E-state index in [1.807, 2.05) is 34.2 Å². The highest BCUT2D eigenvalue weighted by molar-refractivity contribution is 7.10. The smallest absolute Gasteiger partial charge is 0.232 e. The van der Waals surface area contributed by atoms with Crippen molar-refractivity contribution in [2.24, 2.45) is 5.41 Å². The Labute approximate surface area is 163 Å². The molecule has 2 aromatic heterocycles. The lowest BCUT2D eigenvalue weighted by Crippen LogP contribution is -2.37. The number of aryl methyl sites for hydroxylation is 2. The second kappa shape index (κ2) is 6.93. The van der Waals surface area contributed by atoms with E-state index in [-0.39, 0.29) is 11.3 Å². The highest BCUT2D eigenvalue weighted by Crippen LogP contribution is 2.65. The first-order valence-corrected chi connectivity index (χ1v) is 10.1. The molecular weight excluding hydrogens is 356 g/mol. The topological polar surface area (TPSA) is 59.8 Å². The van der Waals surface area contributed by atoms with Gasteiger partial charge in [0.1, 0.15) is 6.33 Å². The maximum absolute atomic E-state index is 13.1. The van der Waals surface area contributed by atoms with Gasteiger partial charge in [0.2, 0.25) is 5.91 Å². The zero-order chi connectivity index (χ0) is 18.9. The normalized spacial score (nSPS) is 20.4. The summed E-state index contributed by atoms with van der Waals surface area (Å²) in [7, 11) is 0. The highest BCUT2D eigenvalue weighted by Gasteiger charge is 2.67. The molecule has 4 rings (SSSR count). The molecule has 3 aromatic rings. The molecule has 1 atom stereocenters. The van der Waals surface area contributed by atoms with E-state index in [1.54, 1.807) is 17.7 Å². The number of nitrogens with zero attached hydrogens (tertiary/aromatic N) is 3. The molecule has 1 aliphatic rings. The number of amides is 1. The number of hydrogen-bond acceptors (Lipinski definition) is 4. The van der Waals surface area contributed by atoms with E-state index in [4.69, 9.17) is 0 Å². The molecule has 1 aliphatic carbocycles. The minimum absolute atomic E-state index is 0.0110. The summed E-state index contributed by atoms with van der Waals surface area (Å²) in [5.41, 5.74) is 0.858. The average Bonchev–Trinajstić information content (AvgIpc) is 3.12. The zero-order valence-corrected chi connectivity index (χ0v) is 16.5. The Morgan fingerprint density at radius 1 is 1.22 bits per heavy atom. The van der Waals surface area contributed by atoms with Gasteiger partial charge in [-0.3, -0.25) is 4.79 Å². The van der Waals surface area contributed by atoms with E-state index in [1.165, 1.54) is 5.56 Å². The number of nitrogens with one attached hydrogen (secondary N) is 1. The van der Waals surface area contributed by atoms with Crippen LogP contribution in [0.4, 0.5) is 0 Å². The lowest BCUT2D eigenvalue weighted by molar-refractivity contribution is -0.124. The van der Waals surface area contributed by atoms with Gasteiger partial charge in [0.05, 0.1) is 12.0 Å². The number of benzene rings is 1. The summed E-state index contributed by atoms with van der Waals surface area (Å²) in [6, 6.07) is 14.4. The molecule has 0 bridgehead atoms. The first-order valence-electron chi connectivity index (χ1n) is 9.26. The number of hydrogen-bond donors (Lipinski definition) is 1. The Bertz CT molecular complexity index is 917. The maximum Gasteiger partial charge on any atom is 0.232 e. The van der Waals surface area contributed by atoms with Gasteiger partial charge >= 0.3 is 0 Å². The Morgan fingerprint density at radius 2 is 2.00 bits per heavy atom. The SMILES string of the molecule is CC1(C)CC1(C(=O)NCc1nncn1CCc1ccccc1)c1cccs1. The minimum atomic E-state index is -0.407. The molecule has 2 heterocycles. The van der Waals surface area contributed by atoms with Gasteiger partial charge in [0.15, 0.2) is 5.82 Å². The van der Waals surface area contributed by atoms with Crippen molar-refractivity contribution in [3.8, 4) is 0 Å². The molecular formula is C21H24N4OS. The van der Waals surface area contributed by atoms with Gasteiger partial charge < -0.3 is 9.88 Å². The van der Waals surface area contributed by atoms with Crippen molar-refractivity contribution in [1.82, 2.24) is 20.1 Å². The summed E-state index contributed by atoms with van der Waals surface area (Å²) in [6.07, 6.45) is 3.53. The Morgan fingerprint density at radius 3 is 2.67 bits per heavy atom. The van der Waals surface area contributed by atoms with Crippen LogP contribution in [-0.2, 0) is 29.7 Å². The molecule has 0 saturated heterocycles. The predicted octanol–water partition coefficient (Wildman–Crippen LogP) is 3.57. The van der Waals surface area contributed by atoms with Crippen LogP contribution in [0.15, 0.2) is 54.2 Å². The summed E-state index contributed by atoms with van der Waals surface area (Å²) in [6.45, 7) is 5.52. The van der Waals surface area contributed by atoms with Crippen LogP contribution in [0.5, 0.6) is 0 Å². The standard InChI is InChI=1S/C21H24N4OS/c1-20(2)14-21(20,17-9-6-12-27-17)19(26)22-13-18-24-23-15-25(18)11-10-16-7-4-3-5-8-16/h3-9,12,15H,10-11,13-14H2,1-2H3,(H,22,26). The molecule has 1 fully saturated rings. The van der Waals surface area contributed by atoms with Crippen LogP contribution in [0.25, 0.3) is 0 Å². The molecule has 0 radical (unpaired) electrons. The lowest BCUT2D eigenvalue weighted by Gasteiger charge is -2.19. The molecule has 1 N–H and O–H groups in total. The highest BCUT2D eigenvalue weighted by atomic mass is 32.1. The molecule has 140 valence electrons. The molecule has 0 spiro atoms. The number of carbonyl (C=O) groups excluding carboxylic acids is 1. The fourth-order valence-electron chi connectivity index (χ4n) is 3.87. The second-order valence-electron chi connectivity index (χ2n) is 7.80. The third-order valence-electron chi connectivity index (χ3n) is 5.65. The summed E-state index contributed by atoms with van der Waals surface area (Å²) >= 11 is 1.66. The molecule has 6 heteroatoms. The van der Waals surface area contributed by atoms with Gasteiger partial charge in [-0.15, -0.1) is 21.5 Å². The fraction of sp³-hybridized carbons (Fsp3) is 0.381. The van der Waals surface area contributed by atoms with E-state index in [2.05, 4.69) is 47.6 Å². The van der Waals surface area contributed by atoms with Gasteiger partial charge in [0.25, 0.3) is 0 Å². The van der Waals surface area contributed by atoms with Crippen molar-refractivity contribution >= 4 is 17.2 Å². The van der Waals surface area contributed by atoms with Crippen molar-refractivity contribution < 1.29 is 4.79 Å². The van der Waals surface area contributed by atoms with Crippen LogP contribution in [0.2, 0.25) is 0 Å². The molecule has 5 nitrogen and oxygen atoms in total. The Balaban J connectivity index is 1.41. The largest absolute Gasteiger partial charge is 0.348 e. The van der Waals surface area contributed by atoms with Crippen molar-refractivity contribution in [2.75, 3.05) is 0 Å². The molecule has 1 amide bonds. The van der Waals surface area contributed by atoms with Crippen LogP contribution >= 0.6 is 11.3 Å². The third-order valence-corrected chi connectivity index (χ3v) is 6.69. The first kappa shape index (κ1) is 17.9. The third kappa shape index (κ3) is 3.30. The monoisotopic (exact) mass is 380 g/mol. The van der Waals surface area contributed by atoms with Crippen LogP contribution in [0.1, 0.15) is 36.5 Å². The number of carbonyl (C=O) groups is 1. The Hall–Kier alpha value is -2.47. The van der Waals surface area contributed by atoms with E-state index >= 15 is 0 Å². The minimum Gasteiger partial charge on any atom is -0.348 e. The summed E-state index contributed by atoms with van der Waals surface area (Å²) in [5.74, 6) is 0.881. The average molecular weight is 381 g/mol. The van der Waals surface area contributed by atoms with E-state index in [9.17, 15) is 4.79 Å². The van der Waals surface area contributed by atoms with Crippen LogP contribution < -0.4 is 5.32 Å². The molecule has 1 aromatic carbocycles. The van der Waals surface area contributed by atoms with Gasteiger partial charge in [-0.2, -0.15) is 0 Å². The fourth-order valence-corrected chi connectivity index (χ4v) is 4.97. The quantitative estimate of drug-likeness (QED) is 0.682. The number of aromatic nitrogens is 3. The van der Waals surface area contributed by atoms with Crippen LogP contribution in [-0.4, -0.2) is 20.7 Å². The summed E-state index contributed by atoms with van der Waals surface area (Å²) in [4.78, 5) is 14.2. The predicted molar refractivity (Wildman–Crippen MR) is 106 cm³/mol. The first-order chi connectivity index (χ1) is 13.0. The number of rotatable bonds is 7. The second-order valence-corrected chi connectivity index (χ2v) is 8.75. The Kier molecular flexibility index (Phi) is 4.60. The van der Waals surface area contributed by atoms with Crippen molar-refractivity contribution in [3.63, 3.8) is 0 Å². The van der Waals surface area contributed by atoms with Gasteiger partial charge in [0, 0.05) is 11.4 Å². The number of thiophene rings is 1. The van der Waals surface area contributed by atoms with Crippen molar-refractivity contribution in [2.45, 2.75) is 45.2 Å².